The number of phenolic OH excluding ortho intramolecular Hbond substituents is 1. The summed E-state index contributed by atoms with van der Waals surface area (Å²) in [6.45, 7) is 1.21. The number of aromatic nitrogens is 1. The van der Waals surface area contributed by atoms with Crippen molar-refractivity contribution in [3.8, 4) is 34.9 Å². The number of nitrogens with zero attached hydrogens (tertiary/aromatic N) is 4. The lowest BCUT2D eigenvalue weighted by molar-refractivity contribution is -0.140. The van der Waals surface area contributed by atoms with E-state index in [1.807, 2.05) is 18.0 Å². The minimum absolute atomic E-state index is 0.138. The Labute approximate surface area is 221 Å². The van der Waals surface area contributed by atoms with Gasteiger partial charge in [0, 0.05) is 30.3 Å². The summed E-state index contributed by atoms with van der Waals surface area (Å²) in [4.78, 5) is 22.3. The van der Waals surface area contributed by atoms with Gasteiger partial charge in [0.25, 0.3) is 5.88 Å². The molecule has 0 atom stereocenters. The number of esters is 1. The maximum absolute atomic E-state index is 15.4. The maximum atomic E-state index is 15.4. The van der Waals surface area contributed by atoms with Crippen molar-refractivity contribution in [2.24, 2.45) is 4.99 Å². The summed E-state index contributed by atoms with van der Waals surface area (Å²) < 4.78 is 45.8. The van der Waals surface area contributed by atoms with Crippen LogP contribution in [0.1, 0.15) is 17.5 Å². The van der Waals surface area contributed by atoms with Crippen LogP contribution in [0, 0.1) is 23.0 Å². The Balaban J connectivity index is 1.66. The lowest BCUT2D eigenvalue weighted by atomic mass is 10.1. The number of aromatic hydroxyl groups is 1. The second kappa shape index (κ2) is 11.8. The molecular formula is C26H22F2N4O5S. The van der Waals surface area contributed by atoms with Crippen molar-refractivity contribution in [3.05, 3.63) is 65.4 Å². The molecule has 0 saturated heterocycles. The number of carbonyl (C=O) groups excluding carboxylic acids is 1. The van der Waals surface area contributed by atoms with Gasteiger partial charge in [-0.25, -0.2) is 9.37 Å². The van der Waals surface area contributed by atoms with Crippen molar-refractivity contribution < 1.29 is 32.9 Å². The highest BCUT2D eigenvalue weighted by atomic mass is 32.2. The molecule has 4 rings (SSSR count). The van der Waals surface area contributed by atoms with Crippen molar-refractivity contribution >= 4 is 23.6 Å². The Morgan fingerprint density at radius 2 is 2.03 bits per heavy atom. The number of nitriles is 1. The summed E-state index contributed by atoms with van der Waals surface area (Å²) in [5.41, 5.74) is 0.665. The zero-order chi connectivity index (χ0) is 27.2. The Bertz CT molecular complexity index is 1440. The van der Waals surface area contributed by atoms with Gasteiger partial charge < -0.3 is 24.2 Å². The Morgan fingerprint density at radius 3 is 2.74 bits per heavy atom. The van der Waals surface area contributed by atoms with Crippen LogP contribution in [0.3, 0.4) is 0 Å². The van der Waals surface area contributed by atoms with E-state index in [-0.39, 0.29) is 35.2 Å². The highest BCUT2D eigenvalue weighted by Crippen LogP contribution is 2.38. The molecule has 2 aromatic carbocycles. The largest absolute Gasteiger partial charge is 0.504 e. The summed E-state index contributed by atoms with van der Waals surface area (Å²) in [6.07, 6.45) is 0.952. The molecule has 1 aromatic heterocycles. The van der Waals surface area contributed by atoms with Crippen LogP contribution < -0.4 is 9.47 Å². The molecule has 196 valence electrons. The smallest absolute Gasteiger partial charge is 0.306 e. The van der Waals surface area contributed by atoms with Gasteiger partial charge in [-0.1, -0.05) is 0 Å². The zero-order valence-corrected chi connectivity index (χ0v) is 21.2. The molecule has 0 amide bonds. The number of halogens is 2. The van der Waals surface area contributed by atoms with Gasteiger partial charge in [-0.15, -0.1) is 11.8 Å². The minimum Gasteiger partial charge on any atom is -0.504 e. The minimum atomic E-state index is -1.24. The Kier molecular flexibility index (Phi) is 8.28. The summed E-state index contributed by atoms with van der Waals surface area (Å²) in [6, 6.07) is 10.7. The summed E-state index contributed by atoms with van der Waals surface area (Å²) in [5, 5.41) is 19.1. The molecule has 1 aliphatic rings. The number of rotatable bonds is 9. The van der Waals surface area contributed by atoms with Crippen LogP contribution in [0.4, 0.5) is 8.78 Å². The second-order valence-corrected chi connectivity index (χ2v) is 9.18. The number of likely N-dealkylation sites (N-methyl/N-ethyl adjacent to an activating group) is 1. The number of hydrogen-bond acceptors (Lipinski definition) is 10. The topological polar surface area (TPSA) is 117 Å². The van der Waals surface area contributed by atoms with Gasteiger partial charge in [-0.3, -0.25) is 9.79 Å². The molecule has 3 aromatic rings. The van der Waals surface area contributed by atoms with Crippen molar-refractivity contribution in [1.82, 2.24) is 9.88 Å². The number of benzene rings is 2. The van der Waals surface area contributed by atoms with Gasteiger partial charge in [-0.05, 0) is 30.3 Å². The molecular weight excluding hydrogens is 518 g/mol. The van der Waals surface area contributed by atoms with Gasteiger partial charge in [0.05, 0.1) is 43.5 Å². The Hall–Kier alpha value is -4.37. The zero-order valence-electron chi connectivity index (χ0n) is 20.4. The molecule has 0 spiro atoms. The van der Waals surface area contributed by atoms with Gasteiger partial charge >= 0.3 is 5.97 Å². The van der Waals surface area contributed by atoms with Crippen LogP contribution in [0.5, 0.6) is 28.9 Å². The number of hydrogen-bond donors (Lipinski definition) is 1. The van der Waals surface area contributed by atoms with E-state index in [4.69, 9.17) is 14.7 Å². The number of methoxy groups -OCH3 is 1. The molecule has 12 heteroatoms. The first kappa shape index (κ1) is 26.7. The molecule has 0 saturated carbocycles. The normalized spacial score (nSPS) is 12.6. The van der Waals surface area contributed by atoms with Crippen LogP contribution in [-0.2, 0) is 9.53 Å². The molecule has 2 heterocycles. The molecule has 0 fully saturated rings. The molecule has 1 N–H and O–H groups in total. The van der Waals surface area contributed by atoms with E-state index in [0.29, 0.717) is 30.2 Å². The SMILES string of the molecule is COC(=O)CCSc1ccc(Oc2c(F)cnc(Oc3cc(C#N)ccc3O)c2F)c(C2=NCCN2C)c1. The van der Waals surface area contributed by atoms with Gasteiger partial charge in [0.1, 0.15) is 11.6 Å². The number of pyridine rings is 1. The van der Waals surface area contributed by atoms with E-state index in [0.717, 1.165) is 11.1 Å². The summed E-state index contributed by atoms with van der Waals surface area (Å²) >= 11 is 1.41. The van der Waals surface area contributed by atoms with E-state index in [9.17, 15) is 14.3 Å². The lowest BCUT2D eigenvalue weighted by Gasteiger charge is -2.19. The monoisotopic (exact) mass is 540 g/mol. The average molecular weight is 541 g/mol. The fourth-order valence-corrected chi connectivity index (χ4v) is 4.39. The van der Waals surface area contributed by atoms with Gasteiger partial charge in [-0.2, -0.15) is 9.65 Å². The van der Waals surface area contributed by atoms with Crippen LogP contribution in [0.15, 0.2) is 52.5 Å². The quantitative estimate of drug-likeness (QED) is 0.300. The highest BCUT2D eigenvalue weighted by molar-refractivity contribution is 7.99. The van der Waals surface area contributed by atoms with Crippen LogP contribution in [0.25, 0.3) is 0 Å². The van der Waals surface area contributed by atoms with E-state index >= 15 is 4.39 Å². The summed E-state index contributed by atoms with van der Waals surface area (Å²) in [5.74, 6) is -3.46. The third kappa shape index (κ3) is 5.95. The van der Waals surface area contributed by atoms with Crippen molar-refractivity contribution in [1.29, 1.82) is 5.26 Å². The molecule has 0 radical (unpaired) electrons. The number of amidine groups is 1. The second-order valence-electron chi connectivity index (χ2n) is 8.01. The first-order valence-electron chi connectivity index (χ1n) is 11.3. The number of ether oxygens (including phenoxy) is 3. The predicted octanol–water partition coefficient (Wildman–Crippen LogP) is 4.87. The molecule has 0 bridgehead atoms. The van der Waals surface area contributed by atoms with Crippen LogP contribution >= 0.6 is 11.8 Å². The first-order valence-corrected chi connectivity index (χ1v) is 12.3. The average Bonchev–Trinajstić information content (AvgIpc) is 3.35. The Morgan fingerprint density at radius 1 is 1.21 bits per heavy atom. The summed E-state index contributed by atoms with van der Waals surface area (Å²) in [7, 11) is 3.17. The molecule has 9 nitrogen and oxygen atoms in total. The number of phenols is 1. The van der Waals surface area contributed by atoms with Gasteiger partial charge in [0.2, 0.25) is 11.6 Å². The number of thioether (sulfide) groups is 1. The molecule has 38 heavy (non-hydrogen) atoms. The highest BCUT2D eigenvalue weighted by Gasteiger charge is 2.24. The lowest BCUT2D eigenvalue weighted by Crippen LogP contribution is -2.24. The fraction of sp³-hybridized carbons (Fsp3) is 0.231. The van der Waals surface area contributed by atoms with E-state index in [1.165, 1.54) is 37.1 Å². The third-order valence-corrected chi connectivity index (χ3v) is 6.46. The molecule has 1 aliphatic heterocycles. The van der Waals surface area contributed by atoms with Crippen LogP contribution in [0.2, 0.25) is 0 Å². The predicted molar refractivity (Wildman–Crippen MR) is 135 cm³/mol. The van der Waals surface area contributed by atoms with Crippen LogP contribution in [-0.4, -0.2) is 59.8 Å². The maximum Gasteiger partial charge on any atom is 0.306 e. The number of aliphatic imine (C=N–C) groups is 1. The van der Waals surface area contributed by atoms with Crippen molar-refractivity contribution in [2.75, 3.05) is 33.0 Å². The van der Waals surface area contributed by atoms with Crippen molar-refractivity contribution in [3.63, 3.8) is 0 Å². The standard InChI is InChI=1S/C26H22F2N4O5S/c1-32-9-8-30-25(32)17-12-16(38-10-7-22(34)35-2)4-6-20(17)36-24-18(27)14-31-26(23(24)28)37-21-11-15(13-29)3-5-19(21)33/h3-6,11-12,14,33H,7-10H2,1-2H3. The van der Waals surface area contributed by atoms with Crippen molar-refractivity contribution in [2.45, 2.75) is 11.3 Å². The van der Waals surface area contributed by atoms with E-state index < -0.39 is 23.3 Å². The molecule has 0 unspecified atom stereocenters. The third-order valence-electron chi connectivity index (χ3n) is 5.46. The first-order chi connectivity index (χ1) is 18.3. The van der Waals surface area contributed by atoms with E-state index in [1.54, 1.807) is 18.2 Å². The fourth-order valence-electron chi connectivity index (χ4n) is 3.52. The number of carbonyl (C=O) groups is 1. The van der Waals surface area contributed by atoms with E-state index in [2.05, 4.69) is 14.7 Å². The van der Waals surface area contributed by atoms with Gasteiger partial charge in [0.15, 0.2) is 17.3 Å². The molecule has 0 aliphatic carbocycles.